The van der Waals surface area contributed by atoms with Crippen LogP contribution in [0.15, 0.2) is 11.6 Å². The molecule has 3 heterocycles. The average molecular weight is 294 g/mol. The second-order valence-corrected chi connectivity index (χ2v) is 6.16. The Morgan fingerprint density at radius 2 is 2.24 bits per heavy atom. The molecule has 21 heavy (non-hydrogen) atoms. The molecule has 0 aromatic carbocycles. The van der Waals surface area contributed by atoms with E-state index in [1.165, 1.54) is 5.57 Å². The summed E-state index contributed by atoms with van der Waals surface area (Å²) in [5.74, 6) is -1.14. The fourth-order valence-corrected chi connectivity index (χ4v) is 3.92. The van der Waals surface area contributed by atoms with E-state index in [9.17, 15) is 14.7 Å². The molecule has 6 nitrogen and oxygen atoms in total. The number of hydrogen-bond donors (Lipinski definition) is 1. The van der Waals surface area contributed by atoms with Crippen LogP contribution in [0.3, 0.4) is 0 Å². The van der Waals surface area contributed by atoms with Crippen molar-refractivity contribution in [3.8, 4) is 0 Å². The fraction of sp³-hybridized carbons (Fsp3) is 0.733. The van der Waals surface area contributed by atoms with Gasteiger partial charge in [0.2, 0.25) is 0 Å². The molecule has 2 amide bonds. The molecule has 3 atom stereocenters. The van der Waals surface area contributed by atoms with Crippen molar-refractivity contribution in [1.82, 2.24) is 9.80 Å². The van der Waals surface area contributed by atoms with Gasteiger partial charge < -0.3 is 19.6 Å². The van der Waals surface area contributed by atoms with Crippen LogP contribution < -0.4 is 0 Å². The van der Waals surface area contributed by atoms with Crippen LogP contribution in [0, 0.1) is 5.92 Å². The minimum atomic E-state index is -0.763. The summed E-state index contributed by atoms with van der Waals surface area (Å²) in [6.45, 7) is 1.92. The SMILES string of the molecule is COCC1=CCN(C(=O)N2C3CCC2C(C(=O)O)C3)CC1. The second-order valence-electron chi connectivity index (χ2n) is 6.16. The van der Waals surface area contributed by atoms with E-state index < -0.39 is 5.97 Å². The maximum absolute atomic E-state index is 12.7. The molecule has 0 radical (unpaired) electrons. The van der Waals surface area contributed by atoms with Crippen LogP contribution in [0.4, 0.5) is 4.79 Å². The van der Waals surface area contributed by atoms with E-state index in [0.717, 1.165) is 19.3 Å². The first-order chi connectivity index (χ1) is 10.1. The smallest absolute Gasteiger partial charge is 0.320 e. The summed E-state index contributed by atoms with van der Waals surface area (Å²) in [7, 11) is 1.67. The Morgan fingerprint density at radius 1 is 1.43 bits per heavy atom. The Bertz CT molecular complexity index is 476. The number of nitrogens with zero attached hydrogens (tertiary/aromatic N) is 2. The normalized spacial score (nSPS) is 31.5. The molecule has 6 heteroatoms. The number of hydrogen-bond acceptors (Lipinski definition) is 3. The molecule has 1 N–H and O–H groups in total. The topological polar surface area (TPSA) is 70.1 Å². The van der Waals surface area contributed by atoms with Crippen molar-refractivity contribution in [2.24, 2.45) is 5.92 Å². The number of fused-ring (bicyclic) bond motifs is 2. The number of amides is 2. The number of urea groups is 1. The third-order valence-electron chi connectivity index (χ3n) is 4.98. The first-order valence-electron chi connectivity index (χ1n) is 7.58. The number of rotatable bonds is 3. The molecular formula is C15H22N2O4. The number of aliphatic carboxylic acids is 1. The van der Waals surface area contributed by atoms with E-state index in [1.807, 2.05) is 9.80 Å². The number of methoxy groups -OCH3 is 1. The minimum absolute atomic E-state index is 0.0129. The van der Waals surface area contributed by atoms with Gasteiger partial charge in [-0.15, -0.1) is 0 Å². The molecular weight excluding hydrogens is 272 g/mol. The zero-order valence-corrected chi connectivity index (χ0v) is 12.3. The van der Waals surface area contributed by atoms with Crippen molar-refractivity contribution >= 4 is 12.0 Å². The van der Waals surface area contributed by atoms with E-state index in [4.69, 9.17) is 4.74 Å². The van der Waals surface area contributed by atoms with Gasteiger partial charge >= 0.3 is 12.0 Å². The van der Waals surface area contributed by atoms with Crippen LogP contribution in [-0.4, -0.2) is 65.8 Å². The van der Waals surface area contributed by atoms with Crippen LogP contribution in [-0.2, 0) is 9.53 Å². The molecule has 0 aromatic heterocycles. The van der Waals surface area contributed by atoms with Crippen molar-refractivity contribution < 1.29 is 19.4 Å². The monoisotopic (exact) mass is 294 g/mol. The predicted molar refractivity (Wildman–Crippen MR) is 75.9 cm³/mol. The zero-order chi connectivity index (χ0) is 15.0. The first kappa shape index (κ1) is 14.4. The van der Waals surface area contributed by atoms with Gasteiger partial charge in [0.15, 0.2) is 0 Å². The average Bonchev–Trinajstić information content (AvgIpc) is 3.05. The molecule has 3 aliphatic rings. The van der Waals surface area contributed by atoms with Crippen molar-refractivity contribution in [3.05, 3.63) is 11.6 Å². The number of carbonyl (C=O) groups is 2. The van der Waals surface area contributed by atoms with E-state index in [0.29, 0.717) is 26.1 Å². The first-order valence-corrected chi connectivity index (χ1v) is 7.58. The third-order valence-corrected chi connectivity index (χ3v) is 4.98. The third kappa shape index (κ3) is 2.52. The number of carboxylic acids is 1. The van der Waals surface area contributed by atoms with Gasteiger partial charge in [-0.3, -0.25) is 4.79 Å². The highest BCUT2D eigenvalue weighted by Gasteiger charge is 2.52. The molecule has 0 aliphatic carbocycles. The Kier molecular flexibility index (Phi) is 3.89. The largest absolute Gasteiger partial charge is 0.481 e. The Labute approximate surface area is 124 Å². The molecule has 116 valence electrons. The number of carbonyl (C=O) groups excluding carboxylic acids is 1. The molecule has 0 spiro atoms. The molecule has 3 aliphatic heterocycles. The summed E-state index contributed by atoms with van der Waals surface area (Å²) in [5.41, 5.74) is 1.23. The lowest BCUT2D eigenvalue weighted by Crippen LogP contribution is -2.48. The van der Waals surface area contributed by atoms with Crippen molar-refractivity contribution in [2.75, 3.05) is 26.8 Å². The van der Waals surface area contributed by atoms with E-state index in [1.54, 1.807) is 7.11 Å². The van der Waals surface area contributed by atoms with Gasteiger partial charge in [0.1, 0.15) is 0 Å². The van der Waals surface area contributed by atoms with Crippen molar-refractivity contribution in [2.45, 2.75) is 37.8 Å². The fourth-order valence-electron chi connectivity index (χ4n) is 3.92. The standard InChI is InChI=1S/C15H22N2O4/c1-21-9-10-4-6-16(7-5-10)15(20)17-11-2-3-13(17)12(8-11)14(18)19/h4,11-13H,2-3,5-9H2,1H3,(H,18,19). The zero-order valence-electron chi connectivity index (χ0n) is 12.3. The number of ether oxygens (including phenoxy) is 1. The summed E-state index contributed by atoms with van der Waals surface area (Å²) in [4.78, 5) is 27.6. The van der Waals surface area contributed by atoms with Crippen LogP contribution in [0.2, 0.25) is 0 Å². The van der Waals surface area contributed by atoms with Gasteiger partial charge in [-0.1, -0.05) is 6.08 Å². The molecule has 0 aromatic rings. The summed E-state index contributed by atoms with van der Waals surface area (Å²) >= 11 is 0. The number of carboxylic acid groups (broad SMARTS) is 1. The lowest BCUT2D eigenvalue weighted by atomic mass is 9.89. The molecule has 2 bridgehead atoms. The van der Waals surface area contributed by atoms with Crippen molar-refractivity contribution in [3.63, 3.8) is 0 Å². The maximum atomic E-state index is 12.7. The van der Waals surface area contributed by atoms with E-state index >= 15 is 0 Å². The highest BCUT2D eigenvalue weighted by Crippen LogP contribution is 2.42. The van der Waals surface area contributed by atoms with Gasteiger partial charge in [0, 0.05) is 32.3 Å². The van der Waals surface area contributed by atoms with Crippen LogP contribution in [0.5, 0.6) is 0 Å². The molecule has 2 fully saturated rings. The minimum Gasteiger partial charge on any atom is -0.481 e. The van der Waals surface area contributed by atoms with Gasteiger partial charge in [-0.2, -0.15) is 0 Å². The summed E-state index contributed by atoms with van der Waals surface area (Å²) in [6.07, 6.45) is 5.28. The van der Waals surface area contributed by atoms with Crippen LogP contribution >= 0.6 is 0 Å². The quantitative estimate of drug-likeness (QED) is 0.797. The maximum Gasteiger partial charge on any atom is 0.320 e. The van der Waals surface area contributed by atoms with E-state index in [-0.39, 0.29) is 24.0 Å². The lowest BCUT2D eigenvalue weighted by Gasteiger charge is -2.33. The van der Waals surface area contributed by atoms with Gasteiger partial charge in [0.25, 0.3) is 0 Å². The second kappa shape index (κ2) is 5.67. The van der Waals surface area contributed by atoms with E-state index in [2.05, 4.69) is 6.08 Å². The Morgan fingerprint density at radius 3 is 2.81 bits per heavy atom. The molecule has 3 unspecified atom stereocenters. The summed E-state index contributed by atoms with van der Waals surface area (Å²) in [5, 5.41) is 9.26. The Hall–Kier alpha value is -1.56. The van der Waals surface area contributed by atoms with Gasteiger partial charge in [0.05, 0.1) is 12.5 Å². The van der Waals surface area contributed by atoms with Crippen LogP contribution in [0.1, 0.15) is 25.7 Å². The van der Waals surface area contributed by atoms with Gasteiger partial charge in [-0.05, 0) is 31.3 Å². The van der Waals surface area contributed by atoms with Crippen molar-refractivity contribution in [1.29, 1.82) is 0 Å². The summed E-state index contributed by atoms with van der Waals surface area (Å²) < 4.78 is 5.11. The van der Waals surface area contributed by atoms with Gasteiger partial charge in [-0.25, -0.2) is 4.79 Å². The molecule has 0 saturated carbocycles. The molecule has 3 rings (SSSR count). The summed E-state index contributed by atoms with van der Waals surface area (Å²) in [6, 6.07) is 0.0243. The van der Waals surface area contributed by atoms with Crippen LogP contribution in [0.25, 0.3) is 0 Å². The predicted octanol–water partition coefficient (Wildman–Crippen LogP) is 1.32. The highest BCUT2D eigenvalue weighted by molar-refractivity contribution is 5.79. The Balaban J connectivity index is 1.66. The highest BCUT2D eigenvalue weighted by atomic mass is 16.5. The lowest BCUT2D eigenvalue weighted by molar-refractivity contribution is -0.142. The molecule has 2 saturated heterocycles.